The summed E-state index contributed by atoms with van der Waals surface area (Å²) in [6.07, 6.45) is 6.91. The summed E-state index contributed by atoms with van der Waals surface area (Å²) in [6, 6.07) is 18.7. The van der Waals surface area contributed by atoms with Crippen LogP contribution in [0.5, 0.6) is 17.4 Å². The number of rotatable bonds is 8. The lowest BCUT2D eigenvalue weighted by Crippen LogP contribution is -2.26. The predicted molar refractivity (Wildman–Crippen MR) is 151 cm³/mol. The van der Waals surface area contributed by atoms with Crippen LogP contribution in [0.4, 0.5) is 5.69 Å². The number of terminal acetylenes is 1. The number of ether oxygens (including phenoxy) is 2. The molecule has 4 rings (SSSR count). The minimum absolute atomic E-state index is 0.0646. The Hall–Kier alpha value is -4.88. The first-order valence-corrected chi connectivity index (χ1v) is 12.4. The summed E-state index contributed by atoms with van der Waals surface area (Å²) < 4.78 is 12.8. The van der Waals surface area contributed by atoms with Gasteiger partial charge in [0.25, 0.3) is 5.91 Å². The third kappa shape index (κ3) is 6.00. The van der Waals surface area contributed by atoms with Crippen LogP contribution in [0.25, 0.3) is 17.0 Å². The highest BCUT2D eigenvalue weighted by atomic mass is 79.9. The number of benzene rings is 3. The molecule has 3 aromatic carbocycles. The van der Waals surface area contributed by atoms with Gasteiger partial charge in [0, 0.05) is 15.4 Å². The minimum Gasteiger partial charge on any atom is -0.493 e. The van der Waals surface area contributed by atoms with Gasteiger partial charge >= 0.3 is 5.91 Å². The topological polar surface area (TPSA) is 115 Å². The number of carbonyl (C=O) groups is 2. The van der Waals surface area contributed by atoms with E-state index in [1.165, 1.54) is 24.9 Å². The minimum atomic E-state index is -0.846. The number of methoxy groups -OCH3 is 2. The Morgan fingerprint density at radius 3 is 2.51 bits per heavy atom. The number of aromatic hydroxyl groups is 1. The Labute approximate surface area is 232 Å². The van der Waals surface area contributed by atoms with Gasteiger partial charge in [-0.3, -0.25) is 14.2 Å². The van der Waals surface area contributed by atoms with Crippen LogP contribution in [0.15, 0.2) is 87.1 Å². The molecule has 0 saturated carbocycles. The number of amides is 2. The van der Waals surface area contributed by atoms with Gasteiger partial charge in [-0.15, -0.1) is 16.7 Å². The average molecular weight is 587 g/mol. The van der Waals surface area contributed by atoms with Crippen molar-refractivity contribution < 1.29 is 24.2 Å². The standard InChI is InChI=1S/C29H23BrN4O5/c1-4-14-34-23-12-11-20(30)17-21(23)26(29(34)37)32-33-28(36)22(31-27(35)19-8-6-5-7-9-19)15-18-10-13-24(38-2)25(16-18)39-3/h1,5-13,15-17,37H,14H2,2-3H3,(H,31,35)/b22-15+,33-32?. The van der Waals surface area contributed by atoms with Crippen LogP contribution in [-0.4, -0.2) is 35.7 Å². The van der Waals surface area contributed by atoms with Crippen LogP contribution >= 0.6 is 15.9 Å². The van der Waals surface area contributed by atoms with Crippen LogP contribution in [0, 0.1) is 12.3 Å². The molecule has 39 heavy (non-hydrogen) atoms. The Morgan fingerprint density at radius 2 is 1.82 bits per heavy atom. The number of carbonyl (C=O) groups excluding carboxylic acids is 2. The summed E-state index contributed by atoms with van der Waals surface area (Å²) in [6.45, 7) is 0.0883. The lowest BCUT2D eigenvalue weighted by molar-refractivity contribution is -0.115. The first kappa shape index (κ1) is 27.2. The molecule has 9 nitrogen and oxygen atoms in total. The van der Waals surface area contributed by atoms with E-state index in [0.717, 1.165) is 4.47 Å². The van der Waals surface area contributed by atoms with Crippen LogP contribution in [-0.2, 0) is 11.3 Å². The molecule has 196 valence electrons. The molecule has 0 atom stereocenters. The third-order valence-electron chi connectivity index (χ3n) is 5.70. The fraction of sp³-hybridized carbons (Fsp3) is 0.103. The van der Waals surface area contributed by atoms with E-state index in [-0.39, 0.29) is 23.8 Å². The first-order valence-electron chi connectivity index (χ1n) is 11.6. The molecule has 1 aromatic heterocycles. The Morgan fingerprint density at radius 1 is 1.08 bits per heavy atom. The summed E-state index contributed by atoms with van der Waals surface area (Å²) in [5, 5.41) is 21.8. The molecule has 10 heteroatoms. The van der Waals surface area contributed by atoms with Gasteiger partial charge in [-0.2, -0.15) is 0 Å². The quantitative estimate of drug-likeness (QED) is 0.153. The van der Waals surface area contributed by atoms with E-state index in [0.29, 0.717) is 33.5 Å². The van der Waals surface area contributed by atoms with Gasteiger partial charge in [0.2, 0.25) is 5.88 Å². The van der Waals surface area contributed by atoms with Crippen molar-refractivity contribution in [3.05, 3.63) is 88.0 Å². The van der Waals surface area contributed by atoms with Crippen LogP contribution in [0.3, 0.4) is 0 Å². The summed E-state index contributed by atoms with van der Waals surface area (Å²) >= 11 is 3.40. The molecule has 0 aliphatic carbocycles. The molecule has 0 aliphatic heterocycles. The molecular weight excluding hydrogens is 564 g/mol. The van der Waals surface area contributed by atoms with Gasteiger partial charge < -0.3 is 19.9 Å². The molecule has 0 fully saturated rings. The van der Waals surface area contributed by atoms with Crippen molar-refractivity contribution in [2.24, 2.45) is 10.2 Å². The van der Waals surface area contributed by atoms with Crippen molar-refractivity contribution in [3.8, 4) is 29.7 Å². The number of hydrogen-bond acceptors (Lipinski definition) is 6. The zero-order valence-corrected chi connectivity index (χ0v) is 22.6. The molecule has 2 N–H and O–H groups in total. The van der Waals surface area contributed by atoms with Gasteiger partial charge in [-0.25, -0.2) is 0 Å². The van der Waals surface area contributed by atoms with E-state index in [2.05, 4.69) is 37.4 Å². The van der Waals surface area contributed by atoms with E-state index in [9.17, 15) is 14.7 Å². The zero-order chi connectivity index (χ0) is 27.9. The summed E-state index contributed by atoms with van der Waals surface area (Å²) in [7, 11) is 3.00. The largest absolute Gasteiger partial charge is 0.493 e. The maximum absolute atomic E-state index is 13.3. The van der Waals surface area contributed by atoms with Gasteiger partial charge in [-0.05, 0) is 54.1 Å². The highest BCUT2D eigenvalue weighted by Crippen LogP contribution is 2.40. The molecule has 1 heterocycles. The lowest BCUT2D eigenvalue weighted by atomic mass is 10.1. The monoisotopic (exact) mass is 586 g/mol. The van der Waals surface area contributed by atoms with Gasteiger partial charge in [0.15, 0.2) is 17.2 Å². The summed E-state index contributed by atoms with van der Waals surface area (Å²) in [5.41, 5.74) is 1.42. The number of aromatic nitrogens is 1. The Bertz CT molecular complexity index is 1650. The van der Waals surface area contributed by atoms with Crippen LogP contribution < -0.4 is 14.8 Å². The highest BCUT2D eigenvalue weighted by Gasteiger charge is 2.19. The molecule has 0 spiro atoms. The second kappa shape index (κ2) is 12.1. The second-order valence-corrected chi connectivity index (χ2v) is 9.04. The molecule has 2 amide bonds. The number of azo groups is 1. The molecule has 0 unspecified atom stereocenters. The number of nitrogens with one attached hydrogen (secondary N) is 1. The number of nitrogens with zero attached hydrogens (tertiary/aromatic N) is 3. The van der Waals surface area contributed by atoms with Crippen molar-refractivity contribution >= 4 is 50.4 Å². The lowest BCUT2D eigenvalue weighted by Gasteiger charge is -2.10. The molecule has 0 bridgehead atoms. The van der Waals surface area contributed by atoms with Crippen LogP contribution in [0.2, 0.25) is 0 Å². The van der Waals surface area contributed by atoms with Gasteiger partial charge in [0.05, 0.1) is 26.3 Å². The van der Waals surface area contributed by atoms with Crippen molar-refractivity contribution in [2.75, 3.05) is 14.2 Å². The predicted octanol–water partition coefficient (Wildman–Crippen LogP) is 5.84. The average Bonchev–Trinajstić information content (AvgIpc) is 3.21. The number of hydrogen-bond donors (Lipinski definition) is 2. The molecule has 4 aromatic rings. The normalized spacial score (nSPS) is 11.4. The molecule has 0 saturated heterocycles. The van der Waals surface area contributed by atoms with E-state index < -0.39 is 11.8 Å². The van der Waals surface area contributed by atoms with Crippen molar-refractivity contribution in [1.82, 2.24) is 9.88 Å². The summed E-state index contributed by atoms with van der Waals surface area (Å²) in [5.74, 6) is 1.83. The van der Waals surface area contributed by atoms with Gasteiger partial charge in [0.1, 0.15) is 5.70 Å². The van der Waals surface area contributed by atoms with Gasteiger partial charge in [-0.1, -0.05) is 46.1 Å². The number of fused-ring (bicyclic) bond motifs is 1. The highest BCUT2D eigenvalue weighted by molar-refractivity contribution is 9.10. The fourth-order valence-electron chi connectivity index (χ4n) is 3.84. The SMILES string of the molecule is C#CCn1c(O)c(N=NC(=O)/C(=C\c2ccc(OC)c(OC)c2)NC(=O)c2ccccc2)c2cc(Br)ccc21. The summed E-state index contributed by atoms with van der Waals surface area (Å²) in [4.78, 5) is 26.2. The molecule has 0 radical (unpaired) electrons. The van der Waals surface area contributed by atoms with E-state index >= 15 is 0 Å². The third-order valence-corrected chi connectivity index (χ3v) is 6.19. The second-order valence-electron chi connectivity index (χ2n) is 8.12. The van der Waals surface area contributed by atoms with E-state index in [1.54, 1.807) is 66.7 Å². The molecule has 0 aliphatic rings. The maximum Gasteiger partial charge on any atom is 0.311 e. The van der Waals surface area contributed by atoms with Crippen LogP contribution in [0.1, 0.15) is 15.9 Å². The fourth-order valence-corrected chi connectivity index (χ4v) is 4.20. The smallest absolute Gasteiger partial charge is 0.311 e. The maximum atomic E-state index is 13.3. The molecular formula is C29H23BrN4O5. The zero-order valence-electron chi connectivity index (χ0n) is 21.0. The van der Waals surface area contributed by atoms with Crippen molar-refractivity contribution in [1.29, 1.82) is 0 Å². The van der Waals surface area contributed by atoms with Crippen molar-refractivity contribution in [2.45, 2.75) is 6.54 Å². The number of halogens is 1. The first-order chi connectivity index (χ1) is 18.9. The van der Waals surface area contributed by atoms with Crippen molar-refractivity contribution in [3.63, 3.8) is 0 Å². The Kier molecular flexibility index (Phi) is 8.43. The van der Waals surface area contributed by atoms with E-state index in [1.807, 2.05) is 0 Å². The van der Waals surface area contributed by atoms with E-state index in [4.69, 9.17) is 15.9 Å². The Balaban J connectivity index is 1.75.